The Hall–Kier alpha value is -2.57. The van der Waals surface area contributed by atoms with Gasteiger partial charge in [-0.05, 0) is 35.8 Å². The zero-order valence-electron chi connectivity index (χ0n) is 25.0. The third-order valence-electron chi connectivity index (χ3n) is 7.40. The first-order valence-corrected chi connectivity index (χ1v) is 17.2. The van der Waals surface area contributed by atoms with Gasteiger partial charge in [-0.2, -0.15) is 0 Å². The molecule has 4 rings (SSSR count). The molecule has 1 fully saturated rings. The normalized spacial score (nSPS) is 21.2. The second-order valence-electron chi connectivity index (χ2n) is 10.5. The number of benzene rings is 3. The van der Waals surface area contributed by atoms with E-state index in [0.29, 0.717) is 17.9 Å². The van der Waals surface area contributed by atoms with Crippen molar-refractivity contribution in [1.82, 2.24) is 0 Å². The molecular weight excluding hydrogens is 601 g/mol. The fourth-order valence-electron chi connectivity index (χ4n) is 5.04. The van der Waals surface area contributed by atoms with Crippen molar-refractivity contribution < 1.29 is 38.2 Å². The molecule has 0 spiro atoms. The number of aliphatic hydroxyl groups is 2. The number of ether oxygens (including phenoxy) is 4. The lowest BCUT2D eigenvalue weighted by molar-refractivity contribution is -0.178. The van der Waals surface area contributed by atoms with Crippen molar-refractivity contribution in [3.63, 3.8) is 0 Å². The van der Waals surface area contributed by atoms with Crippen LogP contribution >= 0.6 is 11.8 Å². The third kappa shape index (κ3) is 9.47. The minimum Gasteiger partial charge on any atom is -0.464 e. The lowest BCUT2D eigenvalue weighted by Crippen LogP contribution is -2.54. The van der Waals surface area contributed by atoms with E-state index in [2.05, 4.69) is 0 Å². The van der Waals surface area contributed by atoms with Gasteiger partial charge < -0.3 is 29.2 Å². The Morgan fingerprint density at radius 2 is 1.34 bits per heavy atom. The predicted octanol–water partition coefficient (Wildman–Crippen LogP) is 4.63. The minimum atomic E-state index is -1.56. The van der Waals surface area contributed by atoms with Crippen LogP contribution in [0, 0.1) is 0 Å². The summed E-state index contributed by atoms with van der Waals surface area (Å²) in [6.45, 7) is 1.84. The molecule has 238 valence electrons. The van der Waals surface area contributed by atoms with E-state index < -0.39 is 51.9 Å². The standard InChI is InChI=1S/C34H42O8S2/c1-2-39-33(37)34(43-19-12-20-44(34)38)21-29(40-23-26-13-6-3-7-14-26)32(42-25-28-17-10-5-11-18-28)31(36)30(22-35)41-24-27-15-8-4-9-16-27/h3-11,13-18,29-32,35-36H,2,12,19-25H2,1H3/t29-,30-,31-,32-,34+,44?/m1/s1. The van der Waals surface area contributed by atoms with Gasteiger partial charge in [0.15, 0.2) is 4.08 Å². The monoisotopic (exact) mass is 642 g/mol. The van der Waals surface area contributed by atoms with Crippen LogP contribution in [0.15, 0.2) is 91.0 Å². The van der Waals surface area contributed by atoms with Crippen LogP contribution in [-0.2, 0) is 54.4 Å². The summed E-state index contributed by atoms with van der Waals surface area (Å²) < 4.78 is 36.6. The Bertz CT molecular complexity index is 1280. The van der Waals surface area contributed by atoms with Crippen LogP contribution in [0.4, 0.5) is 0 Å². The lowest BCUT2D eigenvalue weighted by Gasteiger charge is -2.40. The van der Waals surface area contributed by atoms with E-state index in [1.54, 1.807) is 6.92 Å². The number of hydrogen-bond acceptors (Lipinski definition) is 9. The topological polar surface area (TPSA) is 112 Å². The Morgan fingerprint density at radius 1 is 0.841 bits per heavy atom. The molecule has 44 heavy (non-hydrogen) atoms. The van der Waals surface area contributed by atoms with Crippen molar-refractivity contribution in [1.29, 1.82) is 0 Å². The number of aliphatic hydroxyl groups excluding tert-OH is 2. The molecule has 6 atom stereocenters. The first-order valence-electron chi connectivity index (χ1n) is 14.9. The van der Waals surface area contributed by atoms with Gasteiger partial charge in [0, 0.05) is 23.0 Å². The summed E-state index contributed by atoms with van der Waals surface area (Å²) in [5.74, 6) is 0.425. The summed E-state index contributed by atoms with van der Waals surface area (Å²) in [6.07, 6.45) is -3.66. The van der Waals surface area contributed by atoms with Gasteiger partial charge in [-0.15, -0.1) is 11.8 Å². The highest BCUT2D eigenvalue weighted by atomic mass is 32.2. The lowest BCUT2D eigenvalue weighted by atomic mass is 9.98. The highest BCUT2D eigenvalue weighted by Gasteiger charge is 2.52. The first-order chi connectivity index (χ1) is 21.5. The van der Waals surface area contributed by atoms with Crippen molar-refractivity contribution >= 4 is 28.5 Å². The van der Waals surface area contributed by atoms with Crippen molar-refractivity contribution in [3.05, 3.63) is 108 Å². The quantitative estimate of drug-likeness (QED) is 0.204. The molecule has 2 N–H and O–H groups in total. The zero-order valence-corrected chi connectivity index (χ0v) is 26.6. The fraction of sp³-hybridized carbons (Fsp3) is 0.441. The highest BCUT2D eigenvalue weighted by molar-refractivity contribution is 8.14. The summed E-state index contributed by atoms with van der Waals surface area (Å²) in [7, 11) is -1.56. The van der Waals surface area contributed by atoms with Crippen molar-refractivity contribution in [3.8, 4) is 0 Å². The molecule has 0 radical (unpaired) electrons. The summed E-state index contributed by atoms with van der Waals surface area (Å²) >= 11 is 1.31. The van der Waals surface area contributed by atoms with E-state index in [-0.39, 0.29) is 32.8 Å². The molecule has 1 saturated heterocycles. The van der Waals surface area contributed by atoms with Crippen LogP contribution in [0.25, 0.3) is 0 Å². The number of hydrogen-bond donors (Lipinski definition) is 2. The van der Waals surface area contributed by atoms with Crippen LogP contribution in [0.3, 0.4) is 0 Å². The number of carbonyl (C=O) groups is 1. The van der Waals surface area contributed by atoms with Gasteiger partial charge in [0.2, 0.25) is 0 Å². The largest absolute Gasteiger partial charge is 0.464 e. The summed E-state index contributed by atoms with van der Waals surface area (Å²) in [5, 5.41) is 22.2. The van der Waals surface area contributed by atoms with Gasteiger partial charge in [0.25, 0.3) is 0 Å². The summed E-state index contributed by atoms with van der Waals surface area (Å²) in [6, 6.07) is 28.5. The molecule has 0 aromatic heterocycles. The molecule has 0 amide bonds. The van der Waals surface area contributed by atoms with E-state index in [9.17, 15) is 19.2 Å². The van der Waals surface area contributed by atoms with Gasteiger partial charge in [-0.3, -0.25) is 4.21 Å². The smallest absolute Gasteiger partial charge is 0.335 e. The highest BCUT2D eigenvalue weighted by Crippen LogP contribution is 2.42. The van der Waals surface area contributed by atoms with E-state index in [4.69, 9.17) is 18.9 Å². The number of esters is 1. The van der Waals surface area contributed by atoms with Crippen LogP contribution in [0.5, 0.6) is 0 Å². The SMILES string of the molecule is CCOC(=O)[C@@]1(C[C@@H](OCc2ccccc2)[C@@H](OCc2ccccc2)[C@H](O)[C@@H](CO)OCc2ccccc2)SCCCS1=O. The molecule has 1 heterocycles. The van der Waals surface area contributed by atoms with Crippen LogP contribution < -0.4 is 0 Å². The predicted molar refractivity (Wildman–Crippen MR) is 172 cm³/mol. The van der Waals surface area contributed by atoms with Gasteiger partial charge in [-0.25, -0.2) is 4.79 Å². The second-order valence-corrected chi connectivity index (χ2v) is 14.0. The molecule has 0 aliphatic carbocycles. The molecule has 10 heteroatoms. The van der Waals surface area contributed by atoms with Gasteiger partial charge in [0.05, 0.1) is 39.1 Å². The third-order valence-corrected chi connectivity index (χ3v) is 11.3. The number of rotatable bonds is 17. The molecule has 1 aliphatic heterocycles. The Morgan fingerprint density at radius 3 is 1.82 bits per heavy atom. The van der Waals surface area contributed by atoms with Crippen molar-refractivity contribution in [2.75, 3.05) is 24.7 Å². The molecule has 0 bridgehead atoms. The molecule has 0 saturated carbocycles. The van der Waals surface area contributed by atoms with Gasteiger partial charge >= 0.3 is 5.97 Å². The number of thioether (sulfide) groups is 1. The van der Waals surface area contributed by atoms with Gasteiger partial charge in [-0.1, -0.05) is 91.0 Å². The summed E-state index contributed by atoms with van der Waals surface area (Å²) in [5.41, 5.74) is 2.63. The second kappa shape index (κ2) is 17.8. The molecule has 8 nitrogen and oxygen atoms in total. The maximum Gasteiger partial charge on any atom is 0.335 e. The molecular formula is C34H42O8S2. The van der Waals surface area contributed by atoms with Crippen molar-refractivity contribution in [2.45, 2.75) is 68.1 Å². The maximum atomic E-state index is 13.6. The molecule has 1 unspecified atom stereocenters. The van der Waals surface area contributed by atoms with Gasteiger partial charge in [0.1, 0.15) is 18.3 Å². The van der Waals surface area contributed by atoms with E-state index >= 15 is 0 Å². The Labute approximate surface area is 266 Å². The molecule has 3 aromatic carbocycles. The minimum absolute atomic E-state index is 0.0245. The van der Waals surface area contributed by atoms with Crippen molar-refractivity contribution in [2.24, 2.45) is 0 Å². The van der Waals surface area contributed by atoms with E-state index in [0.717, 1.165) is 16.7 Å². The van der Waals surface area contributed by atoms with Crippen LogP contribution in [-0.4, -0.2) is 73.6 Å². The maximum absolute atomic E-state index is 13.6. The molecule has 3 aromatic rings. The average molecular weight is 643 g/mol. The Balaban J connectivity index is 1.68. The van der Waals surface area contributed by atoms with E-state index in [1.165, 1.54) is 11.8 Å². The van der Waals surface area contributed by atoms with E-state index in [1.807, 2.05) is 91.0 Å². The summed E-state index contributed by atoms with van der Waals surface area (Å²) in [4.78, 5) is 13.5. The first kappa shape index (κ1) is 34.3. The fourth-order valence-corrected chi connectivity index (χ4v) is 8.66. The average Bonchev–Trinajstić information content (AvgIpc) is 3.06. The van der Waals surface area contributed by atoms with Crippen LogP contribution in [0.1, 0.15) is 36.5 Å². The van der Waals surface area contributed by atoms with Crippen LogP contribution in [0.2, 0.25) is 0 Å². The molecule has 1 aliphatic rings. The zero-order chi connectivity index (χ0) is 31.2. The number of carbonyl (C=O) groups excluding carboxylic acids is 1. The Kier molecular flexibility index (Phi) is 13.9.